The van der Waals surface area contributed by atoms with Gasteiger partial charge in [0, 0.05) is 25.5 Å². The predicted molar refractivity (Wildman–Crippen MR) is 62.9 cm³/mol. The van der Waals surface area contributed by atoms with E-state index in [0.717, 1.165) is 19.3 Å². The lowest BCUT2D eigenvalue weighted by molar-refractivity contribution is 0.110. The summed E-state index contributed by atoms with van der Waals surface area (Å²) < 4.78 is 0. The molecular formula is C11H16N4O2. The van der Waals surface area contributed by atoms with Crippen LogP contribution >= 0.6 is 0 Å². The molecule has 6 nitrogen and oxygen atoms in total. The second-order valence-electron chi connectivity index (χ2n) is 4.08. The van der Waals surface area contributed by atoms with Gasteiger partial charge in [-0.3, -0.25) is 0 Å². The highest BCUT2D eigenvalue weighted by atomic mass is 16.4. The molecule has 1 aliphatic rings. The zero-order valence-electron chi connectivity index (χ0n) is 9.54. The molecule has 1 aromatic rings. The fourth-order valence-electron chi connectivity index (χ4n) is 2.06. The Kier molecular flexibility index (Phi) is 3.74. The summed E-state index contributed by atoms with van der Waals surface area (Å²) in [6, 6.07) is 1.76. The summed E-state index contributed by atoms with van der Waals surface area (Å²) in [6.07, 6.45) is 5.39. The first-order valence-electron chi connectivity index (χ1n) is 5.78. The van der Waals surface area contributed by atoms with Gasteiger partial charge < -0.3 is 15.3 Å². The molecule has 0 saturated carbocycles. The number of hydrogen-bond donors (Lipinski definition) is 2. The maximum atomic E-state index is 11.0. The van der Waals surface area contributed by atoms with Crippen LogP contribution < -0.4 is 5.32 Å². The molecule has 1 atom stereocenters. The first-order chi connectivity index (χ1) is 8.27. The fraction of sp³-hybridized carbons (Fsp3) is 0.545. The minimum absolute atomic E-state index is 0.0186. The van der Waals surface area contributed by atoms with E-state index in [9.17, 15) is 4.79 Å². The third-order valence-corrected chi connectivity index (χ3v) is 2.93. The van der Waals surface area contributed by atoms with E-state index in [4.69, 9.17) is 5.11 Å². The van der Waals surface area contributed by atoms with E-state index >= 15 is 0 Å². The van der Waals surface area contributed by atoms with Crippen LogP contribution in [0.25, 0.3) is 0 Å². The molecule has 2 N–H and O–H groups in total. The molecule has 0 aliphatic carbocycles. The van der Waals surface area contributed by atoms with E-state index in [1.165, 1.54) is 4.90 Å². The van der Waals surface area contributed by atoms with Gasteiger partial charge in [-0.1, -0.05) is 0 Å². The van der Waals surface area contributed by atoms with Crippen molar-refractivity contribution in [2.45, 2.75) is 25.3 Å². The maximum Gasteiger partial charge on any atom is 0.407 e. The minimum atomic E-state index is -0.842. The van der Waals surface area contributed by atoms with Crippen molar-refractivity contribution in [3.05, 3.63) is 18.5 Å². The van der Waals surface area contributed by atoms with Crippen LogP contribution in [0.15, 0.2) is 18.5 Å². The highest BCUT2D eigenvalue weighted by Crippen LogP contribution is 2.17. The number of rotatable bonds is 3. The fourth-order valence-corrected chi connectivity index (χ4v) is 2.06. The summed E-state index contributed by atoms with van der Waals surface area (Å²) >= 11 is 0. The van der Waals surface area contributed by atoms with Crippen LogP contribution in [0.5, 0.6) is 0 Å². The molecule has 1 aromatic heterocycles. The highest BCUT2D eigenvalue weighted by Gasteiger charge is 2.25. The summed E-state index contributed by atoms with van der Waals surface area (Å²) in [5, 5.41) is 12.1. The molecule has 0 radical (unpaired) electrons. The Bertz CT molecular complexity index is 371. The van der Waals surface area contributed by atoms with Crippen molar-refractivity contribution in [1.82, 2.24) is 14.9 Å². The molecule has 1 fully saturated rings. The van der Waals surface area contributed by atoms with Crippen LogP contribution in [0.3, 0.4) is 0 Å². The smallest absolute Gasteiger partial charge is 0.407 e. The SMILES string of the molecule is O=C(O)N1CCCC[C@H]1CNc1ncccn1. The minimum Gasteiger partial charge on any atom is -0.465 e. The lowest BCUT2D eigenvalue weighted by Crippen LogP contribution is -2.46. The van der Waals surface area contributed by atoms with Gasteiger partial charge in [-0.05, 0) is 25.3 Å². The number of likely N-dealkylation sites (tertiary alicyclic amines) is 1. The Morgan fingerprint density at radius 1 is 1.47 bits per heavy atom. The molecule has 1 amide bonds. The Morgan fingerprint density at radius 3 is 2.94 bits per heavy atom. The van der Waals surface area contributed by atoms with Crippen LogP contribution in [0.2, 0.25) is 0 Å². The van der Waals surface area contributed by atoms with Crippen LogP contribution in [0, 0.1) is 0 Å². The average molecular weight is 236 g/mol. The van der Waals surface area contributed by atoms with Crippen molar-refractivity contribution in [2.24, 2.45) is 0 Å². The molecule has 0 unspecified atom stereocenters. The number of amides is 1. The standard InChI is InChI=1S/C11H16N4O2/c16-11(17)15-7-2-1-4-9(15)8-14-10-12-5-3-6-13-10/h3,5-6,9H,1-2,4,7-8H2,(H,16,17)(H,12,13,14)/t9-/m0/s1. The molecule has 2 rings (SSSR count). The molecule has 1 saturated heterocycles. The zero-order valence-corrected chi connectivity index (χ0v) is 9.54. The van der Waals surface area contributed by atoms with E-state index < -0.39 is 6.09 Å². The Labute approximate surface area is 99.7 Å². The molecule has 17 heavy (non-hydrogen) atoms. The van der Waals surface area contributed by atoms with E-state index in [0.29, 0.717) is 19.0 Å². The van der Waals surface area contributed by atoms with Crippen LogP contribution in [0.1, 0.15) is 19.3 Å². The number of carbonyl (C=O) groups is 1. The van der Waals surface area contributed by atoms with Crippen LogP contribution in [0.4, 0.5) is 10.7 Å². The van der Waals surface area contributed by atoms with Gasteiger partial charge in [0.2, 0.25) is 5.95 Å². The van der Waals surface area contributed by atoms with Crippen molar-refractivity contribution in [3.63, 3.8) is 0 Å². The third kappa shape index (κ3) is 3.05. The monoisotopic (exact) mass is 236 g/mol. The van der Waals surface area contributed by atoms with Gasteiger partial charge in [0.1, 0.15) is 0 Å². The van der Waals surface area contributed by atoms with E-state index in [2.05, 4.69) is 15.3 Å². The average Bonchev–Trinajstić information content (AvgIpc) is 2.38. The lowest BCUT2D eigenvalue weighted by atomic mass is 10.0. The molecule has 92 valence electrons. The van der Waals surface area contributed by atoms with Gasteiger partial charge in [0.05, 0.1) is 6.04 Å². The number of nitrogens with zero attached hydrogens (tertiary/aromatic N) is 3. The molecule has 2 heterocycles. The number of anilines is 1. The highest BCUT2D eigenvalue weighted by molar-refractivity contribution is 5.65. The molecular weight excluding hydrogens is 220 g/mol. The summed E-state index contributed by atoms with van der Waals surface area (Å²) in [7, 11) is 0. The van der Waals surface area contributed by atoms with Crippen LogP contribution in [-0.4, -0.2) is 45.2 Å². The number of aromatic nitrogens is 2. The van der Waals surface area contributed by atoms with E-state index in [-0.39, 0.29) is 6.04 Å². The normalized spacial score (nSPS) is 20.0. The quantitative estimate of drug-likeness (QED) is 0.829. The van der Waals surface area contributed by atoms with Crippen molar-refractivity contribution in [1.29, 1.82) is 0 Å². The topological polar surface area (TPSA) is 78.4 Å². The molecule has 0 bridgehead atoms. The van der Waals surface area contributed by atoms with E-state index in [1.807, 2.05) is 0 Å². The number of piperidine rings is 1. The summed E-state index contributed by atoms with van der Waals surface area (Å²) in [5.74, 6) is 0.545. The van der Waals surface area contributed by atoms with Crippen molar-refractivity contribution >= 4 is 12.0 Å². The van der Waals surface area contributed by atoms with Gasteiger partial charge in [-0.25, -0.2) is 14.8 Å². The number of carboxylic acid groups (broad SMARTS) is 1. The maximum absolute atomic E-state index is 11.0. The largest absolute Gasteiger partial charge is 0.465 e. The molecule has 0 aromatic carbocycles. The van der Waals surface area contributed by atoms with Crippen LogP contribution in [-0.2, 0) is 0 Å². The van der Waals surface area contributed by atoms with Gasteiger partial charge in [-0.2, -0.15) is 0 Å². The van der Waals surface area contributed by atoms with Gasteiger partial charge in [0.15, 0.2) is 0 Å². The lowest BCUT2D eigenvalue weighted by Gasteiger charge is -2.33. The second-order valence-corrected chi connectivity index (χ2v) is 4.08. The number of hydrogen-bond acceptors (Lipinski definition) is 4. The Hall–Kier alpha value is -1.85. The molecule has 6 heteroatoms. The second kappa shape index (κ2) is 5.47. The Balaban J connectivity index is 1.90. The molecule has 1 aliphatic heterocycles. The predicted octanol–water partition coefficient (Wildman–Crippen LogP) is 1.42. The van der Waals surface area contributed by atoms with Gasteiger partial charge in [0.25, 0.3) is 0 Å². The number of nitrogens with one attached hydrogen (secondary N) is 1. The zero-order chi connectivity index (χ0) is 12.1. The van der Waals surface area contributed by atoms with Crippen molar-refractivity contribution in [2.75, 3.05) is 18.4 Å². The first-order valence-corrected chi connectivity index (χ1v) is 5.78. The summed E-state index contributed by atoms with van der Waals surface area (Å²) in [5.41, 5.74) is 0. The van der Waals surface area contributed by atoms with E-state index in [1.54, 1.807) is 18.5 Å². The third-order valence-electron chi connectivity index (χ3n) is 2.93. The van der Waals surface area contributed by atoms with Gasteiger partial charge >= 0.3 is 6.09 Å². The Morgan fingerprint density at radius 2 is 2.24 bits per heavy atom. The molecule has 0 spiro atoms. The first kappa shape index (κ1) is 11.6. The van der Waals surface area contributed by atoms with Crippen molar-refractivity contribution < 1.29 is 9.90 Å². The summed E-state index contributed by atoms with van der Waals surface area (Å²) in [6.45, 7) is 1.19. The van der Waals surface area contributed by atoms with Gasteiger partial charge in [-0.15, -0.1) is 0 Å². The van der Waals surface area contributed by atoms with Crippen molar-refractivity contribution in [3.8, 4) is 0 Å². The summed E-state index contributed by atoms with van der Waals surface area (Å²) in [4.78, 5) is 20.6.